The Morgan fingerprint density at radius 1 is 1.38 bits per heavy atom. The smallest absolute Gasteiger partial charge is 0.111 e. The van der Waals surface area contributed by atoms with Gasteiger partial charge in [-0.3, -0.25) is 0 Å². The topological polar surface area (TPSA) is 38.1 Å². The van der Waals surface area contributed by atoms with Crippen molar-refractivity contribution in [2.75, 3.05) is 0 Å². The van der Waals surface area contributed by atoms with Gasteiger partial charge in [0.1, 0.15) is 5.82 Å². The Morgan fingerprint density at radius 2 is 2.12 bits per heavy atom. The lowest BCUT2D eigenvalue weighted by atomic mass is 10.0. The molecular formula is C13H16N2O. The highest BCUT2D eigenvalue weighted by Crippen LogP contribution is 2.20. The van der Waals surface area contributed by atoms with Gasteiger partial charge in [0, 0.05) is 25.9 Å². The van der Waals surface area contributed by atoms with E-state index in [1.165, 1.54) is 0 Å². The molecule has 0 aliphatic heterocycles. The molecule has 3 nitrogen and oxygen atoms in total. The molecule has 0 bridgehead atoms. The minimum absolute atomic E-state index is 0.484. The van der Waals surface area contributed by atoms with E-state index in [2.05, 4.69) is 4.98 Å². The average molecular weight is 216 g/mol. The fourth-order valence-electron chi connectivity index (χ4n) is 1.84. The lowest BCUT2D eigenvalue weighted by molar-refractivity contribution is 0.174. The van der Waals surface area contributed by atoms with Gasteiger partial charge in [-0.25, -0.2) is 4.98 Å². The number of aliphatic hydroxyl groups excluding tert-OH is 1. The standard InChI is InChI=1S/C13H16N2O/c1-10-5-3-4-6-11(10)12(16)9-13-14-7-8-15(13)2/h3-8,12,16H,9H2,1-2H3. The first-order valence-electron chi connectivity index (χ1n) is 5.38. The van der Waals surface area contributed by atoms with Gasteiger partial charge in [0.05, 0.1) is 6.10 Å². The SMILES string of the molecule is Cc1ccccc1C(O)Cc1nccn1C. The Hall–Kier alpha value is -1.61. The molecule has 2 aromatic rings. The van der Waals surface area contributed by atoms with Crippen LogP contribution in [0.15, 0.2) is 36.7 Å². The first-order valence-corrected chi connectivity index (χ1v) is 5.38. The molecule has 3 heteroatoms. The van der Waals surface area contributed by atoms with E-state index in [1.54, 1.807) is 6.20 Å². The molecule has 0 saturated carbocycles. The molecule has 0 radical (unpaired) electrons. The minimum atomic E-state index is -0.484. The van der Waals surface area contributed by atoms with Gasteiger partial charge in [-0.05, 0) is 18.1 Å². The van der Waals surface area contributed by atoms with Crippen LogP contribution in [0.5, 0.6) is 0 Å². The first-order chi connectivity index (χ1) is 7.68. The third-order valence-electron chi connectivity index (χ3n) is 2.84. The maximum atomic E-state index is 10.1. The molecule has 1 heterocycles. The molecule has 0 saturated heterocycles. The molecule has 0 amide bonds. The summed E-state index contributed by atoms with van der Waals surface area (Å²) in [5, 5.41) is 10.1. The second-order valence-corrected chi connectivity index (χ2v) is 4.03. The molecule has 1 aromatic carbocycles. The predicted molar refractivity (Wildman–Crippen MR) is 63.1 cm³/mol. The lowest BCUT2D eigenvalue weighted by Gasteiger charge is -2.13. The van der Waals surface area contributed by atoms with Crippen LogP contribution in [0, 0.1) is 6.92 Å². The Balaban J connectivity index is 2.18. The van der Waals surface area contributed by atoms with Crippen LogP contribution >= 0.6 is 0 Å². The average Bonchev–Trinajstić information content (AvgIpc) is 2.65. The molecule has 1 atom stereocenters. The quantitative estimate of drug-likeness (QED) is 0.852. The van der Waals surface area contributed by atoms with E-state index in [4.69, 9.17) is 0 Å². The van der Waals surface area contributed by atoms with Gasteiger partial charge < -0.3 is 9.67 Å². The van der Waals surface area contributed by atoms with Crippen LogP contribution in [0.1, 0.15) is 23.1 Å². The lowest BCUT2D eigenvalue weighted by Crippen LogP contribution is -2.07. The van der Waals surface area contributed by atoms with Crippen molar-refractivity contribution in [3.05, 3.63) is 53.6 Å². The fraction of sp³-hybridized carbons (Fsp3) is 0.308. The highest BCUT2D eigenvalue weighted by atomic mass is 16.3. The van der Waals surface area contributed by atoms with E-state index < -0.39 is 6.10 Å². The molecule has 1 N–H and O–H groups in total. The molecule has 2 rings (SSSR count). The number of benzene rings is 1. The molecule has 1 unspecified atom stereocenters. The van der Waals surface area contributed by atoms with E-state index in [9.17, 15) is 5.11 Å². The van der Waals surface area contributed by atoms with Crippen LogP contribution in [0.2, 0.25) is 0 Å². The molecule has 16 heavy (non-hydrogen) atoms. The highest BCUT2D eigenvalue weighted by Gasteiger charge is 2.12. The molecule has 84 valence electrons. The van der Waals surface area contributed by atoms with Crippen LogP contribution in [-0.4, -0.2) is 14.7 Å². The minimum Gasteiger partial charge on any atom is -0.388 e. The Labute approximate surface area is 95.4 Å². The second-order valence-electron chi connectivity index (χ2n) is 4.03. The van der Waals surface area contributed by atoms with Gasteiger partial charge in [-0.15, -0.1) is 0 Å². The molecule has 0 spiro atoms. The first kappa shape index (κ1) is 10.9. The Kier molecular flexibility index (Phi) is 3.06. The number of hydrogen-bond acceptors (Lipinski definition) is 2. The van der Waals surface area contributed by atoms with E-state index in [-0.39, 0.29) is 0 Å². The number of aryl methyl sites for hydroxylation is 2. The van der Waals surface area contributed by atoms with Crippen molar-refractivity contribution in [2.45, 2.75) is 19.4 Å². The molecule has 0 fully saturated rings. The van der Waals surface area contributed by atoms with Crippen LogP contribution < -0.4 is 0 Å². The zero-order chi connectivity index (χ0) is 11.5. The van der Waals surface area contributed by atoms with Gasteiger partial charge in [-0.2, -0.15) is 0 Å². The molecule has 1 aromatic heterocycles. The second kappa shape index (κ2) is 4.49. The van der Waals surface area contributed by atoms with E-state index in [0.29, 0.717) is 6.42 Å². The summed E-state index contributed by atoms with van der Waals surface area (Å²) < 4.78 is 1.93. The fourth-order valence-corrected chi connectivity index (χ4v) is 1.84. The highest BCUT2D eigenvalue weighted by molar-refractivity contribution is 5.28. The monoisotopic (exact) mass is 216 g/mol. The summed E-state index contributed by atoms with van der Waals surface area (Å²) in [6, 6.07) is 7.90. The van der Waals surface area contributed by atoms with E-state index in [1.807, 2.05) is 49.0 Å². The molecule has 0 aliphatic rings. The normalized spacial score (nSPS) is 12.7. The zero-order valence-corrected chi connectivity index (χ0v) is 9.59. The summed E-state index contributed by atoms with van der Waals surface area (Å²) in [4.78, 5) is 4.21. The third-order valence-corrected chi connectivity index (χ3v) is 2.84. The number of hydrogen-bond donors (Lipinski definition) is 1. The number of aromatic nitrogens is 2. The van der Waals surface area contributed by atoms with Crippen molar-refractivity contribution in [3.63, 3.8) is 0 Å². The molecule has 0 aliphatic carbocycles. The summed E-state index contributed by atoms with van der Waals surface area (Å²) in [5.41, 5.74) is 2.09. The Bertz CT molecular complexity index is 476. The van der Waals surface area contributed by atoms with Gasteiger partial charge in [0.15, 0.2) is 0 Å². The number of aliphatic hydroxyl groups is 1. The summed E-state index contributed by atoms with van der Waals surface area (Å²) >= 11 is 0. The molecular weight excluding hydrogens is 200 g/mol. The van der Waals surface area contributed by atoms with Gasteiger partial charge in [-0.1, -0.05) is 24.3 Å². The van der Waals surface area contributed by atoms with Crippen molar-refractivity contribution in [1.82, 2.24) is 9.55 Å². The number of imidazole rings is 1. The van der Waals surface area contributed by atoms with Crippen LogP contribution in [0.25, 0.3) is 0 Å². The van der Waals surface area contributed by atoms with E-state index in [0.717, 1.165) is 17.0 Å². The van der Waals surface area contributed by atoms with Crippen molar-refractivity contribution < 1.29 is 5.11 Å². The maximum absolute atomic E-state index is 10.1. The van der Waals surface area contributed by atoms with Crippen LogP contribution in [0.4, 0.5) is 0 Å². The Morgan fingerprint density at radius 3 is 2.75 bits per heavy atom. The van der Waals surface area contributed by atoms with Crippen LogP contribution in [-0.2, 0) is 13.5 Å². The summed E-state index contributed by atoms with van der Waals surface area (Å²) in [6.45, 7) is 2.01. The van der Waals surface area contributed by atoms with Crippen LogP contribution in [0.3, 0.4) is 0 Å². The summed E-state index contributed by atoms with van der Waals surface area (Å²) in [6.07, 6.45) is 3.70. The van der Waals surface area contributed by atoms with Gasteiger partial charge in [0.25, 0.3) is 0 Å². The maximum Gasteiger partial charge on any atom is 0.111 e. The van der Waals surface area contributed by atoms with Crippen molar-refractivity contribution in [2.24, 2.45) is 7.05 Å². The predicted octanol–water partition coefficient (Wildman–Crippen LogP) is 2.00. The van der Waals surface area contributed by atoms with Crippen molar-refractivity contribution in [1.29, 1.82) is 0 Å². The van der Waals surface area contributed by atoms with Gasteiger partial charge >= 0.3 is 0 Å². The van der Waals surface area contributed by atoms with Crippen molar-refractivity contribution in [3.8, 4) is 0 Å². The van der Waals surface area contributed by atoms with Gasteiger partial charge in [0.2, 0.25) is 0 Å². The summed E-state index contributed by atoms with van der Waals surface area (Å²) in [5.74, 6) is 0.899. The van der Waals surface area contributed by atoms with E-state index >= 15 is 0 Å². The summed E-state index contributed by atoms with van der Waals surface area (Å²) in [7, 11) is 1.94. The zero-order valence-electron chi connectivity index (χ0n) is 9.59. The number of nitrogens with zero attached hydrogens (tertiary/aromatic N) is 2. The number of rotatable bonds is 3. The van der Waals surface area contributed by atoms with Crippen molar-refractivity contribution >= 4 is 0 Å². The third kappa shape index (κ3) is 2.14. The largest absolute Gasteiger partial charge is 0.388 e.